The lowest BCUT2D eigenvalue weighted by Gasteiger charge is -2.54. The maximum Gasteiger partial charge on any atom is 0.317 e. The van der Waals surface area contributed by atoms with Gasteiger partial charge in [0.25, 0.3) is 11.4 Å². The maximum atomic E-state index is 12.9. The molecule has 1 aromatic heterocycles. The third-order valence-corrected chi connectivity index (χ3v) is 6.36. The Balaban J connectivity index is 1.74. The summed E-state index contributed by atoms with van der Waals surface area (Å²) in [5.74, 6) is -0.771. The first kappa shape index (κ1) is 22.7. The molecule has 13 heteroatoms. The number of hydrogen-bond acceptors (Lipinski definition) is 7. The number of nitrogens with one attached hydrogen (secondary N) is 4. The lowest BCUT2D eigenvalue weighted by atomic mass is 9.71. The Labute approximate surface area is 203 Å². The minimum absolute atomic E-state index is 0.177. The van der Waals surface area contributed by atoms with E-state index >= 15 is 0 Å². The van der Waals surface area contributed by atoms with Crippen molar-refractivity contribution in [3.63, 3.8) is 0 Å². The van der Waals surface area contributed by atoms with E-state index < -0.39 is 45.6 Å². The first-order valence-corrected chi connectivity index (χ1v) is 10.9. The standard InChI is InChI=1S/C23H19N7O6/c31-21-25-19(13-5-3-7-15(11-13)29(33)34)18-20(14-6-4-8-16(12-14)30(35)36)26-22(32)28-23(18,27-21)17-9-1-2-10-24-17/h1-12,18-20H,(H2,25,27,31)(H2,26,28,32). The van der Waals surface area contributed by atoms with Gasteiger partial charge in [0.15, 0.2) is 5.66 Å². The van der Waals surface area contributed by atoms with E-state index in [0.717, 1.165) is 0 Å². The maximum absolute atomic E-state index is 12.9. The highest BCUT2D eigenvalue weighted by Gasteiger charge is 2.58. The number of carbonyl (C=O) groups is 2. The molecule has 5 rings (SSSR count). The number of nitrogens with zero attached hydrogens (tertiary/aromatic N) is 3. The molecule has 13 nitrogen and oxygen atoms in total. The molecule has 0 radical (unpaired) electrons. The van der Waals surface area contributed by atoms with Gasteiger partial charge in [0, 0.05) is 30.5 Å². The molecule has 2 aliphatic rings. The van der Waals surface area contributed by atoms with Gasteiger partial charge in [0.2, 0.25) is 0 Å². The SMILES string of the molecule is O=C1NC(c2cccc([N+](=O)[O-])c2)C2C(c3cccc([N+](=O)[O-])c3)NC(=O)NC2(c2ccccn2)N1. The fourth-order valence-electron chi connectivity index (χ4n) is 4.92. The van der Waals surface area contributed by atoms with Gasteiger partial charge in [0.05, 0.1) is 33.5 Å². The van der Waals surface area contributed by atoms with Gasteiger partial charge in [-0.2, -0.15) is 0 Å². The van der Waals surface area contributed by atoms with Crippen LogP contribution in [0.15, 0.2) is 72.9 Å². The average molecular weight is 489 g/mol. The number of urea groups is 2. The Bertz CT molecular complexity index is 1300. The molecule has 0 spiro atoms. The minimum atomic E-state index is -1.55. The van der Waals surface area contributed by atoms with Crippen LogP contribution in [0.5, 0.6) is 0 Å². The number of aromatic nitrogens is 1. The van der Waals surface area contributed by atoms with Crippen molar-refractivity contribution in [2.45, 2.75) is 17.7 Å². The average Bonchev–Trinajstić information content (AvgIpc) is 2.88. The number of fused-ring (bicyclic) bond motifs is 1. The summed E-state index contributed by atoms with van der Waals surface area (Å²) in [7, 11) is 0. The highest BCUT2D eigenvalue weighted by Crippen LogP contribution is 2.47. The Morgan fingerprint density at radius 2 is 1.28 bits per heavy atom. The van der Waals surface area contributed by atoms with Gasteiger partial charge >= 0.3 is 12.1 Å². The van der Waals surface area contributed by atoms with Crippen molar-refractivity contribution in [3.05, 3.63) is 110 Å². The summed E-state index contributed by atoms with van der Waals surface area (Å²) in [6, 6.07) is 13.6. The molecular formula is C23H19N7O6. The van der Waals surface area contributed by atoms with Crippen molar-refractivity contribution < 1.29 is 19.4 Å². The van der Waals surface area contributed by atoms with Crippen LogP contribution in [-0.2, 0) is 5.66 Å². The Morgan fingerprint density at radius 1 is 0.750 bits per heavy atom. The summed E-state index contributed by atoms with van der Waals surface area (Å²) in [6.07, 6.45) is 1.51. The first-order valence-electron chi connectivity index (χ1n) is 10.9. The lowest BCUT2D eigenvalue weighted by Crippen LogP contribution is -2.76. The molecule has 0 saturated carbocycles. The molecular weight excluding hydrogens is 470 g/mol. The number of benzene rings is 2. The van der Waals surface area contributed by atoms with Gasteiger partial charge < -0.3 is 21.3 Å². The van der Waals surface area contributed by atoms with Crippen molar-refractivity contribution in [1.29, 1.82) is 0 Å². The van der Waals surface area contributed by atoms with Gasteiger partial charge in [0.1, 0.15) is 0 Å². The highest BCUT2D eigenvalue weighted by molar-refractivity contribution is 5.82. The van der Waals surface area contributed by atoms with Crippen LogP contribution in [0.25, 0.3) is 0 Å². The quantitative estimate of drug-likeness (QED) is 0.314. The number of amides is 4. The first-order chi connectivity index (χ1) is 17.3. The summed E-state index contributed by atoms with van der Waals surface area (Å²) in [6.45, 7) is 0. The highest BCUT2D eigenvalue weighted by atomic mass is 16.6. The molecule has 2 aliphatic heterocycles. The van der Waals surface area contributed by atoms with Crippen LogP contribution in [0.3, 0.4) is 0 Å². The van der Waals surface area contributed by atoms with E-state index in [1.54, 1.807) is 30.3 Å². The summed E-state index contributed by atoms with van der Waals surface area (Å²) >= 11 is 0. The molecule has 4 N–H and O–H groups in total. The zero-order valence-corrected chi connectivity index (χ0v) is 18.5. The molecule has 2 fully saturated rings. The zero-order chi connectivity index (χ0) is 25.4. The molecule has 0 aliphatic carbocycles. The third-order valence-electron chi connectivity index (χ3n) is 6.36. The second-order valence-corrected chi connectivity index (χ2v) is 8.41. The Morgan fingerprint density at radius 3 is 1.72 bits per heavy atom. The summed E-state index contributed by atoms with van der Waals surface area (Å²) in [5, 5.41) is 34.2. The second kappa shape index (κ2) is 8.61. The lowest BCUT2D eigenvalue weighted by molar-refractivity contribution is -0.385. The number of pyridine rings is 1. The molecule has 2 atom stereocenters. The second-order valence-electron chi connectivity index (χ2n) is 8.41. The predicted molar refractivity (Wildman–Crippen MR) is 124 cm³/mol. The van der Waals surface area contributed by atoms with E-state index in [1.165, 1.54) is 42.6 Å². The van der Waals surface area contributed by atoms with Gasteiger partial charge in [-0.25, -0.2) is 9.59 Å². The molecule has 4 amide bonds. The van der Waals surface area contributed by atoms with E-state index in [2.05, 4.69) is 26.3 Å². The largest absolute Gasteiger partial charge is 0.331 e. The van der Waals surface area contributed by atoms with Crippen LogP contribution < -0.4 is 21.3 Å². The molecule has 0 bridgehead atoms. The number of rotatable bonds is 5. The van der Waals surface area contributed by atoms with Crippen LogP contribution in [0.1, 0.15) is 28.9 Å². The third kappa shape index (κ3) is 3.81. The monoisotopic (exact) mass is 489 g/mol. The van der Waals surface area contributed by atoms with E-state index in [9.17, 15) is 29.8 Å². The molecule has 36 heavy (non-hydrogen) atoms. The molecule has 2 saturated heterocycles. The van der Waals surface area contributed by atoms with Gasteiger partial charge in [-0.3, -0.25) is 25.2 Å². The van der Waals surface area contributed by atoms with E-state index in [4.69, 9.17) is 0 Å². The molecule has 182 valence electrons. The predicted octanol–water partition coefficient (Wildman–Crippen LogP) is 2.78. The molecule has 2 aromatic carbocycles. The fourth-order valence-corrected chi connectivity index (χ4v) is 4.92. The molecule has 3 heterocycles. The number of carbonyl (C=O) groups excluding carboxylic acids is 2. The van der Waals surface area contributed by atoms with Crippen molar-refractivity contribution in [2.75, 3.05) is 0 Å². The topological polar surface area (TPSA) is 181 Å². The van der Waals surface area contributed by atoms with E-state index in [0.29, 0.717) is 16.8 Å². The minimum Gasteiger partial charge on any atom is -0.331 e. The van der Waals surface area contributed by atoms with Crippen LogP contribution in [-0.4, -0.2) is 26.9 Å². The van der Waals surface area contributed by atoms with Crippen molar-refractivity contribution in [3.8, 4) is 0 Å². The number of non-ortho nitro benzene ring substituents is 2. The van der Waals surface area contributed by atoms with Gasteiger partial charge in [-0.15, -0.1) is 0 Å². The van der Waals surface area contributed by atoms with Crippen LogP contribution in [0.2, 0.25) is 0 Å². The van der Waals surface area contributed by atoms with Gasteiger partial charge in [-0.05, 0) is 23.3 Å². The van der Waals surface area contributed by atoms with E-state index in [-0.39, 0.29) is 11.4 Å². The number of nitro groups is 2. The zero-order valence-electron chi connectivity index (χ0n) is 18.5. The van der Waals surface area contributed by atoms with Crippen LogP contribution >= 0.6 is 0 Å². The summed E-state index contributed by atoms with van der Waals surface area (Å²) in [5.41, 5.74) is -0.746. The van der Waals surface area contributed by atoms with Crippen molar-refractivity contribution in [1.82, 2.24) is 26.3 Å². The number of hydrogen-bond donors (Lipinski definition) is 4. The molecule has 3 aromatic rings. The Kier molecular flexibility index (Phi) is 5.43. The van der Waals surface area contributed by atoms with Crippen molar-refractivity contribution in [2.24, 2.45) is 5.92 Å². The van der Waals surface area contributed by atoms with Gasteiger partial charge in [-0.1, -0.05) is 30.3 Å². The van der Waals surface area contributed by atoms with Crippen LogP contribution in [0, 0.1) is 26.1 Å². The number of nitro benzene ring substituents is 2. The Hall–Kier alpha value is -5.07. The van der Waals surface area contributed by atoms with Crippen molar-refractivity contribution >= 4 is 23.4 Å². The normalized spacial score (nSPS) is 24.8. The van der Waals surface area contributed by atoms with Crippen LogP contribution in [0.4, 0.5) is 21.0 Å². The summed E-state index contributed by atoms with van der Waals surface area (Å²) < 4.78 is 0. The summed E-state index contributed by atoms with van der Waals surface area (Å²) in [4.78, 5) is 52.1. The van der Waals surface area contributed by atoms with E-state index in [1.807, 2.05) is 0 Å². The smallest absolute Gasteiger partial charge is 0.317 e. The fraction of sp³-hybridized carbons (Fsp3) is 0.174. The molecule has 2 unspecified atom stereocenters.